The van der Waals surface area contributed by atoms with E-state index in [1.807, 2.05) is 0 Å². The Morgan fingerprint density at radius 1 is 1.70 bits per heavy atom. The first-order valence-electron chi connectivity index (χ1n) is 6.01. The van der Waals surface area contributed by atoms with E-state index < -0.39 is 35.1 Å². The second kappa shape index (κ2) is 5.70. The van der Waals surface area contributed by atoms with E-state index in [1.54, 1.807) is 0 Å². The van der Waals surface area contributed by atoms with Crippen molar-refractivity contribution in [1.29, 1.82) is 0 Å². The van der Waals surface area contributed by atoms with Crippen LogP contribution in [0, 0.1) is 5.92 Å². The summed E-state index contributed by atoms with van der Waals surface area (Å²) in [7, 11) is 0. The molecule has 9 heteroatoms. The fourth-order valence-corrected chi connectivity index (χ4v) is 3.68. The zero-order valence-electron chi connectivity index (χ0n) is 10.8. The van der Waals surface area contributed by atoms with E-state index in [0.29, 0.717) is 12.0 Å². The number of aliphatic carboxylic acids is 1. The standard InChI is InChI=1S/C11H16N2O6S/c1-5(14)8-7-2-6(3-20(18)4-19-12)9(11(16)17)13(7)10(8)15/h5,7-8,14H,2-4,12H2,1H3,(H,16,17). The lowest BCUT2D eigenvalue weighted by atomic mass is 9.83. The average Bonchev–Trinajstić information content (AvgIpc) is 2.63. The molecule has 2 rings (SSSR count). The maximum atomic E-state index is 11.9. The summed E-state index contributed by atoms with van der Waals surface area (Å²) >= 11 is -1.45. The third-order valence-corrected chi connectivity index (χ3v) is 4.63. The van der Waals surface area contributed by atoms with Gasteiger partial charge in [0.1, 0.15) is 11.4 Å². The number of nitrogens with zero attached hydrogens (tertiary/aromatic N) is 1. The third kappa shape index (κ3) is 2.42. The highest BCUT2D eigenvalue weighted by Gasteiger charge is 2.57. The zero-order chi connectivity index (χ0) is 15.0. The number of aliphatic hydroxyl groups is 1. The molecule has 0 aromatic heterocycles. The second-order valence-corrected chi connectivity index (χ2v) is 6.28. The molecule has 0 radical (unpaired) electrons. The Balaban J connectivity index is 2.19. The van der Waals surface area contributed by atoms with E-state index in [-0.39, 0.29) is 23.4 Å². The molecular formula is C11H16N2O6S. The first-order chi connectivity index (χ1) is 9.38. The molecule has 1 saturated heterocycles. The van der Waals surface area contributed by atoms with Gasteiger partial charge < -0.3 is 19.7 Å². The smallest absolute Gasteiger partial charge is 0.352 e. The predicted molar refractivity (Wildman–Crippen MR) is 68.2 cm³/mol. The van der Waals surface area contributed by atoms with Crippen molar-refractivity contribution in [2.45, 2.75) is 25.5 Å². The van der Waals surface area contributed by atoms with Crippen molar-refractivity contribution in [2.24, 2.45) is 11.8 Å². The van der Waals surface area contributed by atoms with Crippen molar-refractivity contribution >= 4 is 23.1 Å². The lowest BCUT2D eigenvalue weighted by Crippen LogP contribution is -2.61. The van der Waals surface area contributed by atoms with Crippen LogP contribution in [0.2, 0.25) is 0 Å². The Morgan fingerprint density at radius 3 is 2.85 bits per heavy atom. The Hall–Kier alpha value is -1.13. The minimum atomic E-state index is -1.45. The number of hydrogen-bond donors (Lipinski definition) is 3. The fraction of sp³-hybridized carbons (Fsp3) is 0.636. The summed E-state index contributed by atoms with van der Waals surface area (Å²) < 4.78 is 11.6. The number of amides is 1. The van der Waals surface area contributed by atoms with Crippen LogP contribution >= 0.6 is 0 Å². The molecule has 4 atom stereocenters. The molecule has 0 saturated carbocycles. The summed E-state index contributed by atoms with van der Waals surface area (Å²) in [5, 5.41) is 18.8. The molecule has 0 spiro atoms. The number of β-lactam (4-membered cyclic amide) rings is 1. The van der Waals surface area contributed by atoms with E-state index in [9.17, 15) is 24.4 Å². The predicted octanol–water partition coefficient (Wildman–Crippen LogP) is -1.47. The summed E-state index contributed by atoms with van der Waals surface area (Å²) in [5.74, 6) is 2.39. The lowest BCUT2D eigenvalue weighted by Gasteiger charge is -2.44. The average molecular weight is 304 g/mol. The van der Waals surface area contributed by atoms with Crippen LogP contribution in [0.1, 0.15) is 13.3 Å². The van der Waals surface area contributed by atoms with Crippen molar-refractivity contribution in [3.05, 3.63) is 11.3 Å². The molecule has 1 amide bonds. The number of carbonyl (C=O) groups is 2. The summed E-state index contributed by atoms with van der Waals surface area (Å²) in [6.07, 6.45) is -0.532. The van der Waals surface area contributed by atoms with Crippen molar-refractivity contribution in [2.75, 3.05) is 11.7 Å². The van der Waals surface area contributed by atoms with Gasteiger partial charge >= 0.3 is 5.97 Å². The molecule has 0 aromatic carbocycles. The quantitative estimate of drug-likeness (QED) is 0.309. The van der Waals surface area contributed by atoms with Gasteiger partial charge in [0, 0.05) is 5.57 Å². The van der Waals surface area contributed by atoms with Gasteiger partial charge in [0.15, 0.2) is 0 Å². The van der Waals surface area contributed by atoms with Crippen molar-refractivity contribution < 1.29 is 29.2 Å². The van der Waals surface area contributed by atoms with Gasteiger partial charge in [-0.15, -0.1) is 0 Å². The minimum Gasteiger partial charge on any atom is -0.614 e. The molecule has 0 aromatic rings. The van der Waals surface area contributed by atoms with E-state index in [2.05, 4.69) is 4.84 Å². The number of carboxylic acids is 1. The van der Waals surface area contributed by atoms with Gasteiger partial charge in [-0.25, -0.2) is 10.7 Å². The minimum absolute atomic E-state index is 0.00829. The van der Waals surface area contributed by atoms with Crippen molar-refractivity contribution in [3.63, 3.8) is 0 Å². The van der Waals surface area contributed by atoms with Crippen LogP contribution in [0.25, 0.3) is 0 Å². The highest BCUT2D eigenvalue weighted by atomic mass is 32.2. The van der Waals surface area contributed by atoms with Crippen LogP contribution in [-0.4, -0.2) is 55.4 Å². The molecule has 1 fully saturated rings. The summed E-state index contributed by atoms with van der Waals surface area (Å²) in [4.78, 5) is 28.6. The summed E-state index contributed by atoms with van der Waals surface area (Å²) in [5.41, 5.74) is 0.302. The number of carboxylic acid groups (broad SMARTS) is 1. The van der Waals surface area contributed by atoms with E-state index >= 15 is 0 Å². The molecule has 4 N–H and O–H groups in total. The van der Waals surface area contributed by atoms with Gasteiger partial charge in [0.2, 0.25) is 11.8 Å². The lowest BCUT2D eigenvalue weighted by molar-refractivity contribution is -0.161. The van der Waals surface area contributed by atoms with E-state index in [4.69, 9.17) is 5.90 Å². The number of carbonyl (C=O) groups excluding carboxylic acids is 1. The monoisotopic (exact) mass is 304 g/mol. The Bertz CT molecular complexity index is 466. The Labute approximate surface area is 118 Å². The maximum Gasteiger partial charge on any atom is 0.352 e. The molecule has 8 nitrogen and oxygen atoms in total. The van der Waals surface area contributed by atoms with Crippen LogP contribution in [0.4, 0.5) is 0 Å². The summed E-state index contributed by atoms with van der Waals surface area (Å²) in [6, 6.07) is -0.362. The first kappa shape index (κ1) is 15.3. The van der Waals surface area contributed by atoms with Crippen LogP contribution < -0.4 is 5.90 Å². The van der Waals surface area contributed by atoms with Gasteiger partial charge in [0.25, 0.3) is 0 Å². The van der Waals surface area contributed by atoms with Crippen LogP contribution in [0.5, 0.6) is 0 Å². The van der Waals surface area contributed by atoms with Gasteiger partial charge in [-0.2, -0.15) is 0 Å². The largest absolute Gasteiger partial charge is 0.614 e. The normalized spacial score (nSPS) is 28.2. The molecule has 20 heavy (non-hydrogen) atoms. The van der Waals surface area contributed by atoms with E-state index in [0.717, 1.165) is 0 Å². The van der Waals surface area contributed by atoms with Gasteiger partial charge in [0.05, 0.1) is 18.1 Å². The third-order valence-electron chi connectivity index (χ3n) is 3.56. The number of hydrogen-bond acceptors (Lipinski definition) is 6. The van der Waals surface area contributed by atoms with Crippen LogP contribution in [0.3, 0.4) is 0 Å². The molecule has 112 valence electrons. The second-order valence-electron chi connectivity index (χ2n) is 4.87. The topological polar surface area (TPSA) is 136 Å². The van der Waals surface area contributed by atoms with Gasteiger partial charge in [-0.3, -0.25) is 9.63 Å². The molecule has 2 heterocycles. The first-order valence-corrected chi connectivity index (χ1v) is 7.50. The summed E-state index contributed by atoms with van der Waals surface area (Å²) in [6.45, 7) is 1.50. The van der Waals surface area contributed by atoms with Crippen molar-refractivity contribution in [1.82, 2.24) is 4.90 Å². The Kier molecular flexibility index (Phi) is 4.35. The van der Waals surface area contributed by atoms with Gasteiger partial charge in [-0.1, -0.05) is 0 Å². The Morgan fingerprint density at radius 2 is 2.35 bits per heavy atom. The number of fused-ring (bicyclic) bond motifs is 1. The fourth-order valence-electron chi connectivity index (χ4n) is 2.80. The number of rotatable bonds is 6. The van der Waals surface area contributed by atoms with Gasteiger partial charge in [-0.05, 0) is 24.5 Å². The van der Waals surface area contributed by atoms with E-state index in [1.165, 1.54) is 11.8 Å². The molecule has 0 bridgehead atoms. The molecule has 0 aliphatic carbocycles. The molecular weight excluding hydrogens is 288 g/mol. The zero-order valence-corrected chi connectivity index (χ0v) is 11.6. The SMILES string of the molecule is CC(O)C1C(=O)N2C(C(=O)O)=C(C[S+]([O-])CON)CC12. The maximum absolute atomic E-state index is 11.9. The van der Waals surface area contributed by atoms with Crippen molar-refractivity contribution in [3.8, 4) is 0 Å². The molecule has 4 unspecified atom stereocenters. The molecule has 2 aliphatic rings. The van der Waals surface area contributed by atoms with Crippen LogP contribution in [0.15, 0.2) is 11.3 Å². The number of aliphatic hydroxyl groups excluding tert-OH is 1. The van der Waals surface area contributed by atoms with Crippen LogP contribution in [-0.2, 0) is 25.6 Å². The highest BCUT2D eigenvalue weighted by molar-refractivity contribution is 7.91. The highest BCUT2D eigenvalue weighted by Crippen LogP contribution is 2.43. The molecule has 2 aliphatic heterocycles. The number of nitrogens with two attached hydrogens (primary N) is 1.